The van der Waals surface area contributed by atoms with Gasteiger partial charge in [-0.25, -0.2) is 4.79 Å². The molecule has 1 atom stereocenters. The van der Waals surface area contributed by atoms with Crippen LogP contribution >= 0.6 is 0 Å². The lowest BCUT2D eigenvalue weighted by molar-refractivity contribution is -0.146. The summed E-state index contributed by atoms with van der Waals surface area (Å²) in [5.41, 5.74) is 1.80. The lowest BCUT2D eigenvalue weighted by Crippen LogP contribution is -2.41. The van der Waals surface area contributed by atoms with E-state index in [9.17, 15) is 14.4 Å². The van der Waals surface area contributed by atoms with Crippen LogP contribution < -0.4 is 5.32 Å². The summed E-state index contributed by atoms with van der Waals surface area (Å²) in [6, 6.07) is 5.92. The molecule has 0 aliphatic heterocycles. The Morgan fingerprint density at radius 2 is 1.90 bits per heavy atom. The number of carboxylic acids is 2. The first-order chi connectivity index (χ1) is 9.40. The zero-order chi connectivity index (χ0) is 15.1. The van der Waals surface area contributed by atoms with Gasteiger partial charge in [0, 0.05) is 6.08 Å². The Morgan fingerprint density at radius 1 is 1.25 bits per heavy atom. The maximum Gasteiger partial charge on any atom is 0.326 e. The summed E-state index contributed by atoms with van der Waals surface area (Å²) in [5, 5.41) is 19.5. The normalized spacial score (nSPS) is 12.1. The molecule has 20 heavy (non-hydrogen) atoms. The highest BCUT2D eigenvalue weighted by Crippen LogP contribution is 2.08. The Kier molecular flexibility index (Phi) is 5.46. The standard InChI is InChI=1S/C14H15NO5/c1-9-4-2-3-5-10(9)6-7-12(16)15-11(14(19)20)8-13(17)18/h2-7,11H,8H2,1H3,(H,15,16)(H,17,18)(H,19,20)/b7-6+. The third-order valence-corrected chi connectivity index (χ3v) is 2.60. The molecular weight excluding hydrogens is 262 g/mol. The Balaban J connectivity index is 2.69. The number of nitrogens with one attached hydrogen (secondary N) is 1. The van der Waals surface area contributed by atoms with Gasteiger partial charge < -0.3 is 15.5 Å². The fourth-order valence-corrected chi connectivity index (χ4v) is 1.53. The minimum absolute atomic E-state index is 0.651. The van der Waals surface area contributed by atoms with Gasteiger partial charge >= 0.3 is 11.9 Å². The van der Waals surface area contributed by atoms with E-state index in [2.05, 4.69) is 5.32 Å². The summed E-state index contributed by atoms with van der Waals surface area (Å²) in [6.07, 6.45) is 2.06. The van der Waals surface area contributed by atoms with E-state index < -0.39 is 30.3 Å². The fraction of sp³-hybridized carbons (Fsp3) is 0.214. The minimum atomic E-state index is -1.44. The van der Waals surface area contributed by atoms with Crippen LogP contribution in [-0.4, -0.2) is 34.1 Å². The summed E-state index contributed by atoms with van der Waals surface area (Å²) in [5.74, 6) is -3.33. The van der Waals surface area contributed by atoms with Crippen LogP contribution in [0.2, 0.25) is 0 Å². The summed E-state index contributed by atoms with van der Waals surface area (Å²) in [7, 11) is 0. The predicted molar refractivity (Wildman–Crippen MR) is 72.0 cm³/mol. The van der Waals surface area contributed by atoms with Gasteiger partial charge in [-0.1, -0.05) is 24.3 Å². The van der Waals surface area contributed by atoms with Gasteiger partial charge in [-0.05, 0) is 24.1 Å². The van der Waals surface area contributed by atoms with Gasteiger partial charge in [0.05, 0.1) is 6.42 Å². The lowest BCUT2D eigenvalue weighted by atomic mass is 10.1. The molecule has 3 N–H and O–H groups in total. The first-order valence-corrected chi connectivity index (χ1v) is 5.89. The Morgan fingerprint density at radius 3 is 2.45 bits per heavy atom. The third-order valence-electron chi connectivity index (χ3n) is 2.60. The number of carbonyl (C=O) groups excluding carboxylic acids is 1. The van der Waals surface area contributed by atoms with Crippen molar-refractivity contribution >= 4 is 23.9 Å². The molecule has 1 unspecified atom stereocenters. The van der Waals surface area contributed by atoms with Crippen LogP contribution in [0, 0.1) is 6.92 Å². The average molecular weight is 277 g/mol. The number of aliphatic carboxylic acids is 2. The van der Waals surface area contributed by atoms with E-state index in [0.29, 0.717) is 0 Å². The quantitative estimate of drug-likeness (QED) is 0.674. The van der Waals surface area contributed by atoms with Crippen molar-refractivity contribution in [2.75, 3.05) is 0 Å². The Hall–Kier alpha value is -2.63. The highest BCUT2D eigenvalue weighted by Gasteiger charge is 2.21. The molecule has 1 aromatic carbocycles. The van der Waals surface area contributed by atoms with Gasteiger partial charge in [-0.2, -0.15) is 0 Å². The molecule has 6 nitrogen and oxygen atoms in total. The number of rotatable bonds is 6. The molecule has 1 rings (SSSR count). The number of carbonyl (C=O) groups is 3. The summed E-state index contributed by atoms with van der Waals surface area (Å²) in [6.45, 7) is 1.88. The lowest BCUT2D eigenvalue weighted by Gasteiger charge is -2.10. The number of aryl methyl sites for hydroxylation is 1. The van der Waals surface area contributed by atoms with Crippen LogP contribution in [0.1, 0.15) is 17.5 Å². The molecule has 0 aromatic heterocycles. The smallest absolute Gasteiger partial charge is 0.326 e. The molecule has 0 radical (unpaired) electrons. The third kappa shape index (κ3) is 4.93. The molecule has 1 amide bonds. The van der Waals surface area contributed by atoms with Crippen molar-refractivity contribution < 1.29 is 24.6 Å². The van der Waals surface area contributed by atoms with Gasteiger partial charge in [0.2, 0.25) is 5.91 Å². The van der Waals surface area contributed by atoms with Crippen molar-refractivity contribution in [2.24, 2.45) is 0 Å². The van der Waals surface area contributed by atoms with Crippen molar-refractivity contribution in [2.45, 2.75) is 19.4 Å². The van der Waals surface area contributed by atoms with Gasteiger partial charge in [-0.3, -0.25) is 9.59 Å². The average Bonchev–Trinajstić information content (AvgIpc) is 2.36. The van der Waals surface area contributed by atoms with E-state index in [4.69, 9.17) is 10.2 Å². The van der Waals surface area contributed by atoms with Crippen molar-refractivity contribution in [1.29, 1.82) is 0 Å². The zero-order valence-electron chi connectivity index (χ0n) is 10.9. The molecule has 0 fully saturated rings. The summed E-state index contributed by atoms with van der Waals surface area (Å²) >= 11 is 0. The highest BCUT2D eigenvalue weighted by molar-refractivity contribution is 5.95. The number of amides is 1. The fourth-order valence-electron chi connectivity index (χ4n) is 1.53. The molecule has 0 saturated carbocycles. The second-order valence-corrected chi connectivity index (χ2v) is 4.19. The number of hydrogen-bond acceptors (Lipinski definition) is 3. The maximum atomic E-state index is 11.6. The molecule has 106 valence electrons. The molecular formula is C14H15NO5. The van der Waals surface area contributed by atoms with Crippen LogP contribution in [0.3, 0.4) is 0 Å². The highest BCUT2D eigenvalue weighted by atomic mass is 16.4. The summed E-state index contributed by atoms with van der Waals surface area (Å²) in [4.78, 5) is 32.9. The SMILES string of the molecule is Cc1ccccc1/C=C/C(=O)NC(CC(=O)O)C(=O)O. The molecule has 0 aliphatic rings. The van der Waals surface area contributed by atoms with E-state index >= 15 is 0 Å². The van der Waals surface area contributed by atoms with Crippen LogP contribution in [0.15, 0.2) is 30.3 Å². The molecule has 0 bridgehead atoms. The van der Waals surface area contributed by atoms with Crippen LogP contribution in [0.5, 0.6) is 0 Å². The van der Waals surface area contributed by atoms with Gasteiger partial charge in [0.1, 0.15) is 6.04 Å². The minimum Gasteiger partial charge on any atom is -0.481 e. The van der Waals surface area contributed by atoms with Crippen molar-refractivity contribution in [3.8, 4) is 0 Å². The first-order valence-electron chi connectivity index (χ1n) is 5.89. The predicted octanol–water partition coefficient (Wildman–Crippen LogP) is 1.05. The molecule has 0 heterocycles. The number of benzene rings is 1. The second-order valence-electron chi connectivity index (χ2n) is 4.19. The van der Waals surface area contributed by atoms with E-state index in [1.54, 1.807) is 6.08 Å². The van der Waals surface area contributed by atoms with Crippen LogP contribution in [0.25, 0.3) is 6.08 Å². The van der Waals surface area contributed by atoms with Gasteiger partial charge in [0.15, 0.2) is 0 Å². The van der Waals surface area contributed by atoms with Crippen molar-refractivity contribution in [3.63, 3.8) is 0 Å². The molecule has 1 aromatic rings. The number of carboxylic acid groups (broad SMARTS) is 2. The Bertz CT molecular complexity index is 550. The zero-order valence-corrected chi connectivity index (χ0v) is 10.9. The van der Waals surface area contributed by atoms with E-state index in [-0.39, 0.29) is 0 Å². The number of hydrogen-bond donors (Lipinski definition) is 3. The molecule has 0 saturated heterocycles. The molecule has 0 aliphatic carbocycles. The monoisotopic (exact) mass is 277 g/mol. The van der Waals surface area contributed by atoms with Crippen molar-refractivity contribution in [3.05, 3.63) is 41.5 Å². The molecule has 6 heteroatoms. The van der Waals surface area contributed by atoms with Gasteiger partial charge in [-0.15, -0.1) is 0 Å². The van der Waals surface area contributed by atoms with Crippen molar-refractivity contribution in [1.82, 2.24) is 5.32 Å². The van der Waals surface area contributed by atoms with E-state index in [0.717, 1.165) is 11.1 Å². The van der Waals surface area contributed by atoms with Gasteiger partial charge in [0.25, 0.3) is 0 Å². The van der Waals surface area contributed by atoms with E-state index in [1.807, 2.05) is 31.2 Å². The second kappa shape index (κ2) is 7.08. The maximum absolute atomic E-state index is 11.6. The summed E-state index contributed by atoms with van der Waals surface area (Å²) < 4.78 is 0. The molecule has 0 spiro atoms. The Labute approximate surface area is 115 Å². The van der Waals surface area contributed by atoms with Crippen LogP contribution in [0.4, 0.5) is 0 Å². The van der Waals surface area contributed by atoms with E-state index in [1.165, 1.54) is 6.08 Å². The largest absolute Gasteiger partial charge is 0.481 e. The first kappa shape index (κ1) is 15.4. The topological polar surface area (TPSA) is 104 Å². The van der Waals surface area contributed by atoms with Crippen LogP contribution in [-0.2, 0) is 14.4 Å².